The molecule has 0 unspecified atom stereocenters. The summed E-state index contributed by atoms with van der Waals surface area (Å²) in [7, 11) is 1.68. The number of amides is 1. The first-order valence-electron chi connectivity index (χ1n) is 7.41. The largest absolute Gasteiger partial charge is 0.318 e. The monoisotopic (exact) mass is 300 g/mol. The summed E-state index contributed by atoms with van der Waals surface area (Å²) >= 11 is 0. The van der Waals surface area contributed by atoms with Crippen LogP contribution in [0.15, 0.2) is 43.0 Å². The van der Waals surface area contributed by atoms with Crippen molar-refractivity contribution in [2.24, 2.45) is 5.41 Å². The second-order valence-electron chi connectivity index (χ2n) is 7.05. The lowest BCUT2D eigenvalue weighted by molar-refractivity contribution is -0.133. The van der Waals surface area contributed by atoms with E-state index in [2.05, 4.69) is 11.9 Å². The van der Waals surface area contributed by atoms with Crippen LogP contribution in [0.25, 0.3) is 0 Å². The highest BCUT2D eigenvalue weighted by Gasteiger charge is 2.63. The van der Waals surface area contributed by atoms with E-state index < -0.39 is 16.6 Å². The van der Waals surface area contributed by atoms with E-state index >= 15 is 0 Å². The summed E-state index contributed by atoms with van der Waals surface area (Å²) in [6, 6.07) is 9.07. The number of nitrogens with zero attached hydrogens (tertiary/aromatic N) is 1. The predicted octanol–water partition coefficient (Wildman–Crippen LogP) is 2.62. The SMILES string of the molecule is C=C[C@@]1(C)N[C@@](C(=O)c2ccccc2)(C(C)(C)C)N(C)C1=O. The molecule has 1 fully saturated rings. The van der Waals surface area contributed by atoms with E-state index in [-0.39, 0.29) is 11.7 Å². The molecule has 0 radical (unpaired) electrons. The zero-order valence-corrected chi connectivity index (χ0v) is 13.9. The number of ketones is 1. The van der Waals surface area contributed by atoms with Gasteiger partial charge in [-0.05, 0) is 6.92 Å². The van der Waals surface area contributed by atoms with Crippen molar-refractivity contribution < 1.29 is 9.59 Å². The van der Waals surface area contributed by atoms with Crippen LogP contribution in [-0.2, 0) is 4.79 Å². The molecule has 2 atom stereocenters. The molecular weight excluding hydrogens is 276 g/mol. The molecule has 4 nitrogen and oxygen atoms in total. The zero-order chi connectivity index (χ0) is 16.8. The molecule has 1 N–H and O–H groups in total. The van der Waals surface area contributed by atoms with Gasteiger partial charge in [0, 0.05) is 18.0 Å². The van der Waals surface area contributed by atoms with Crippen molar-refractivity contribution in [3.05, 3.63) is 48.6 Å². The smallest absolute Gasteiger partial charge is 0.248 e. The lowest BCUT2D eigenvalue weighted by Crippen LogP contribution is -2.66. The Morgan fingerprint density at radius 3 is 2.23 bits per heavy atom. The number of carbonyl (C=O) groups excluding carboxylic acids is 2. The molecule has 0 aliphatic carbocycles. The molecule has 0 aromatic heterocycles. The van der Waals surface area contributed by atoms with E-state index in [1.807, 2.05) is 39.0 Å². The molecule has 22 heavy (non-hydrogen) atoms. The van der Waals surface area contributed by atoms with Gasteiger partial charge in [0.05, 0.1) is 0 Å². The molecule has 2 rings (SSSR count). The van der Waals surface area contributed by atoms with Crippen molar-refractivity contribution in [1.29, 1.82) is 0 Å². The summed E-state index contributed by atoms with van der Waals surface area (Å²) in [6.45, 7) is 11.4. The predicted molar refractivity (Wildman–Crippen MR) is 87.5 cm³/mol. The van der Waals surface area contributed by atoms with Crippen molar-refractivity contribution in [1.82, 2.24) is 10.2 Å². The number of benzene rings is 1. The number of Topliss-reactive ketones (excluding diaryl/α,β-unsaturated/α-hetero) is 1. The summed E-state index contributed by atoms with van der Waals surface area (Å²) in [5.74, 6) is -0.260. The Bertz CT molecular complexity index is 618. The Labute approximate surface area is 132 Å². The van der Waals surface area contributed by atoms with E-state index in [4.69, 9.17) is 0 Å². The molecule has 118 valence electrons. The highest BCUT2D eigenvalue weighted by Crippen LogP contribution is 2.42. The quantitative estimate of drug-likeness (QED) is 0.689. The van der Waals surface area contributed by atoms with Crippen LogP contribution in [0.5, 0.6) is 0 Å². The Morgan fingerprint density at radius 2 is 1.82 bits per heavy atom. The van der Waals surface area contributed by atoms with Crippen LogP contribution in [0.3, 0.4) is 0 Å². The fourth-order valence-electron chi connectivity index (χ4n) is 3.19. The lowest BCUT2D eigenvalue weighted by Gasteiger charge is -2.45. The van der Waals surface area contributed by atoms with Gasteiger partial charge in [-0.15, -0.1) is 6.58 Å². The molecule has 0 spiro atoms. The fraction of sp³-hybridized carbons (Fsp3) is 0.444. The van der Waals surface area contributed by atoms with E-state index in [1.165, 1.54) is 4.90 Å². The number of rotatable bonds is 3. The topological polar surface area (TPSA) is 49.4 Å². The molecule has 1 aromatic carbocycles. The highest BCUT2D eigenvalue weighted by molar-refractivity contribution is 6.08. The first-order chi connectivity index (χ1) is 10.1. The Morgan fingerprint density at radius 1 is 1.27 bits per heavy atom. The maximum atomic E-state index is 13.3. The molecule has 1 amide bonds. The molecule has 1 saturated heterocycles. The Balaban J connectivity index is 2.64. The average Bonchev–Trinajstić information content (AvgIpc) is 2.70. The van der Waals surface area contributed by atoms with Crippen LogP contribution in [0.4, 0.5) is 0 Å². The lowest BCUT2D eigenvalue weighted by atomic mass is 9.75. The normalized spacial score (nSPS) is 28.8. The first kappa shape index (κ1) is 16.4. The van der Waals surface area contributed by atoms with Crippen LogP contribution in [0.1, 0.15) is 38.1 Å². The molecular formula is C18H24N2O2. The summed E-state index contributed by atoms with van der Waals surface area (Å²) in [5, 5.41) is 3.28. The number of carbonyl (C=O) groups is 2. The number of hydrogen-bond donors (Lipinski definition) is 1. The number of hydrogen-bond acceptors (Lipinski definition) is 3. The minimum absolute atomic E-state index is 0.109. The molecule has 0 saturated carbocycles. The maximum absolute atomic E-state index is 13.3. The third-order valence-electron chi connectivity index (χ3n) is 4.55. The summed E-state index contributed by atoms with van der Waals surface area (Å²) in [5.41, 5.74) is -1.98. The van der Waals surface area contributed by atoms with Gasteiger partial charge in [-0.2, -0.15) is 0 Å². The van der Waals surface area contributed by atoms with Gasteiger partial charge < -0.3 is 4.90 Å². The standard InChI is InChI=1S/C18H24N2O2/c1-7-17(5)15(22)20(6)18(19-17,16(2,3)4)14(21)13-11-9-8-10-12-13/h7-12,19H,1H2,2-6H3/t17-,18-/m1/s1. The second-order valence-corrected chi connectivity index (χ2v) is 7.05. The summed E-state index contributed by atoms with van der Waals surface area (Å²) < 4.78 is 0. The van der Waals surface area contributed by atoms with Crippen molar-refractivity contribution in [3.63, 3.8) is 0 Å². The Kier molecular flexibility index (Phi) is 3.78. The van der Waals surface area contributed by atoms with Crippen LogP contribution in [-0.4, -0.2) is 34.8 Å². The average molecular weight is 300 g/mol. The van der Waals surface area contributed by atoms with Crippen LogP contribution < -0.4 is 5.32 Å². The molecule has 1 heterocycles. The minimum Gasteiger partial charge on any atom is -0.318 e. The minimum atomic E-state index is -1.12. The summed E-state index contributed by atoms with van der Waals surface area (Å²) in [6.07, 6.45) is 1.57. The molecule has 1 aliphatic heterocycles. The highest BCUT2D eigenvalue weighted by atomic mass is 16.2. The van der Waals surface area contributed by atoms with E-state index in [0.29, 0.717) is 5.56 Å². The van der Waals surface area contributed by atoms with E-state index in [0.717, 1.165) is 0 Å². The van der Waals surface area contributed by atoms with Gasteiger partial charge >= 0.3 is 0 Å². The van der Waals surface area contributed by atoms with Gasteiger partial charge in [0.2, 0.25) is 11.7 Å². The van der Waals surface area contributed by atoms with Gasteiger partial charge in [0.15, 0.2) is 5.66 Å². The van der Waals surface area contributed by atoms with Gasteiger partial charge in [-0.25, -0.2) is 0 Å². The van der Waals surface area contributed by atoms with Gasteiger partial charge in [-0.1, -0.05) is 57.2 Å². The second kappa shape index (κ2) is 5.06. The molecule has 0 bridgehead atoms. The third-order valence-corrected chi connectivity index (χ3v) is 4.55. The zero-order valence-electron chi connectivity index (χ0n) is 13.9. The van der Waals surface area contributed by atoms with Crippen LogP contribution >= 0.6 is 0 Å². The van der Waals surface area contributed by atoms with Crippen molar-refractivity contribution in [2.45, 2.75) is 38.9 Å². The number of likely N-dealkylation sites (N-methyl/N-ethyl adjacent to an activating group) is 1. The molecule has 1 aliphatic rings. The molecule has 4 heteroatoms. The maximum Gasteiger partial charge on any atom is 0.248 e. The van der Waals surface area contributed by atoms with Gasteiger partial charge in [0.25, 0.3) is 0 Å². The van der Waals surface area contributed by atoms with E-state index in [1.54, 1.807) is 32.2 Å². The van der Waals surface area contributed by atoms with Crippen molar-refractivity contribution >= 4 is 11.7 Å². The van der Waals surface area contributed by atoms with Crippen molar-refractivity contribution in [2.75, 3.05) is 7.05 Å². The van der Waals surface area contributed by atoms with Gasteiger partial charge in [-0.3, -0.25) is 14.9 Å². The molecule has 1 aromatic rings. The van der Waals surface area contributed by atoms with Crippen LogP contribution in [0.2, 0.25) is 0 Å². The fourth-order valence-corrected chi connectivity index (χ4v) is 3.19. The summed E-state index contributed by atoms with van der Waals surface area (Å²) in [4.78, 5) is 27.5. The van der Waals surface area contributed by atoms with Gasteiger partial charge in [0.1, 0.15) is 5.54 Å². The van der Waals surface area contributed by atoms with E-state index in [9.17, 15) is 9.59 Å². The number of nitrogens with one attached hydrogen (secondary N) is 1. The third kappa shape index (κ3) is 2.10. The Hall–Kier alpha value is -1.94. The first-order valence-corrected chi connectivity index (χ1v) is 7.41. The van der Waals surface area contributed by atoms with Crippen molar-refractivity contribution in [3.8, 4) is 0 Å². The van der Waals surface area contributed by atoms with Crippen LogP contribution in [0, 0.1) is 5.41 Å².